The van der Waals surface area contributed by atoms with Crippen LogP contribution in [0.15, 0.2) is 0 Å². The van der Waals surface area contributed by atoms with Crippen molar-refractivity contribution < 1.29 is 9.90 Å². The number of unbranched alkanes of at least 4 members (excludes halogenated alkanes) is 1. The molecule has 2 aliphatic heterocycles. The minimum Gasteiger partial charge on any atom is -0.395 e. The van der Waals surface area contributed by atoms with Gasteiger partial charge in [-0.05, 0) is 65.1 Å². The zero-order valence-corrected chi connectivity index (χ0v) is 12.7. The minimum absolute atomic E-state index is 0.143. The second-order valence-corrected chi connectivity index (χ2v) is 6.34. The first-order valence-electron chi connectivity index (χ1n) is 8.04. The molecule has 0 aliphatic carbocycles. The number of aliphatic hydroxyl groups is 1. The molecule has 0 aromatic heterocycles. The van der Waals surface area contributed by atoms with Gasteiger partial charge in [0.05, 0.1) is 12.1 Å². The van der Waals surface area contributed by atoms with Gasteiger partial charge in [0.2, 0.25) is 5.91 Å². The molecule has 0 aromatic rings. The standard InChI is InChI=1S/C15H29N3O2/c1-15(7-5-9-17-15)14(20)16-8-2-3-10-18-11-4-6-13(18)12-19/h13,17,19H,2-12H2,1H3,(H,16,20). The van der Waals surface area contributed by atoms with Crippen molar-refractivity contribution in [2.75, 3.05) is 32.8 Å². The Bertz CT molecular complexity index is 316. The van der Waals surface area contributed by atoms with Crippen LogP contribution in [0.5, 0.6) is 0 Å². The maximum Gasteiger partial charge on any atom is 0.240 e. The van der Waals surface area contributed by atoms with Crippen molar-refractivity contribution in [2.24, 2.45) is 0 Å². The number of nitrogens with one attached hydrogen (secondary N) is 2. The molecule has 2 rings (SSSR count). The van der Waals surface area contributed by atoms with E-state index in [-0.39, 0.29) is 18.1 Å². The summed E-state index contributed by atoms with van der Waals surface area (Å²) in [6, 6.07) is 0.367. The van der Waals surface area contributed by atoms with Gasteiger partial charge in [-0.15, -0.1) is 0 Å². The third kappa shape index (κ3) is 3.93. The molecule has 5 heteroatoms. The molecule has 2 saturated heterocycles. The van der Waals surface area contributed by atoms with Crippen LogP contribution in [-0.4, -0.2) is 60.3 Å². The average molecular weight is 283 g/mol. The lowest BCUT2D eigenvalue weighted by Crippen LogP contribution is -2.51. The predicted molar refractivity (Wildman–Crippen MR) is 79.6 cm³/mol. The smallest absolute Gasteiger partial charge is 0.240 e. The first kappa shape index (κ1) is 15.7. The Labute approximate surface area is 122 Å². The van der Waals surface area contributed by atoms with Crippen molar-refractivity contribution in [1.82, 2.24) is 15.5 Å². The molecule has 2 aliphatic rings. The van der Waals surface area contributed by atoms with E-state index in [1.807, 2.05) is 6.92 Å². The lowest BCUT2D eigenvalue weighted by atomic mass is 9.99. The minimum atomic E-state index is -0.350. The lowest BCUT2D eigenvalue weighted by molar-refractivity contribution is -0.126. The van der Waals surface area contributed by atoms with Crippen molar-refractivity contribution in [3.05, 3.63) is 0 Å². The molecule has 0 saturated carbocycles. The summed E-state index contributed by atoms with van der Waals surface area (Å²) in [5, 5.41) is 15.6. The normalized spacial score (nSPS) is 30.8. The van der Waals surface area contributed by atoms with Gasteiger partial charge in [0.15, 0.2) is 0 Å². The molecule has 116 valence electrons. The Hall–Kier alpha value is -0.650. The topological polar surface area (TPSA) is 64.6 Å². The van der Waals surface area contributed by atoms with Crippen LogP contribution < -0.4 is 10.6 Å². The van der Waals surface area contributed by atoms with Crippen LogP contribution in [0, 0.1) is 0 Å². The van der Waals surface area contributed by atoms with E-state index in [9.17, 15) is 9.90 Å². The Balaban J connectivity index is 1.56. The largest absolute Gasteiger partial charge is 0.395 e. The summed E-state index contributed by atoms with van der Waals surface area (Å²) in [6.07, 6.45) is 6.44. The molecule has 0 aromatic carbocycles. The molecular weight excluding hydrogens is 254 g/mol. The highest BCUT2D eigenvalue weighted by molar-refractivity contribution is 5.86. The summed E-state index contributed by atoms with van der Waals surface area (Å²) in [5.41, 5.74) is -0.350. The van der Waals surface area contributed by atoms with Gasteiger partial charge in [0.1, 0.15) is 0 Å². The number of likely N-dealkylation sites (tertiary alicyclic amines) is 1. The molecule has 2 heterocycles. The molecule has 20 heavy (non-hydrogen) atoms. The molecule has 5 nitrogen and oxygen atoms in total. The van der Waals surface area contributed by atoms with Gasteiger partial charge in [-0.25, -0.2) is 0 Å². The lowest BCUT2D eigenvalue weighted by Gasteiger charge is -2.24. The summed E-state index contributed by atoms with van der Waals surface area (Å²) in [4.78, 5) is 14.4. The maximum absolute atomic E-state index is 12.1. The highest BCUT2D eigenvalue weighted by Crippen LogP contribution is 2.19. The van der Waals surface area contributed by atoms with Gasteiger partial charge < -0.3 is 15.7 Å². The van der Waals surface area contributed by atoms with Gasteiger partial charge >= 0.3 is 0 Å². The van der Waals surface area contributed by atoms with Crippen LogP contribution in [0.2, 0.25) is 0 Å². The van der Waals surface area contributed by atoms with Gasteiger partial charge in [-0.2, -0.15) is 0 Å². The number of amides is 1. The van der Waals surface area contributed by atoms with E-state index in [0.717, 1.165) is 58.3 Å². The highest BCUT2D eigenvalue weighted by Gasteiger charge is 2.35. The first-order chi connectivity index (χ1) is 9.65. The van der Waals surface area contributed by atoms with E-state index in [2.05, 4.69) is 15.5 Å². The maximum atomic E-state index is 12.1. The van der Waals surface area contributed by atoms with Crippen molar-refractivity contribution in [1.29, 1.82) is 0 Å². The number of nitrogens with zero attached hydrogens (tertiary/aromatic N) is 1. The van der Waals surface area contributed by atoms with Gasteiger partial charge in [-0.1, -0.05) is 0 Å². The monoisotopic (exact) mass is 283 g/mol. The van der Waals surface area contributed by atoms with Crippen molar-refractivity contribution in [2.45, 2.75) is 57.0 Å². The van der Waals surface area contributed by atoms with E-state index in [1.165, 1.54) is 6.42 Å². The summed E-state index contributed by atoms with van der Waals surface area (Å²) in [7, 11) is 0. The number of carbonyl (C=O) groups excluding carboxylic acids is 1. The zero-order valence-electron chi connectivity index (χ0n) is 12.7. The molecule has 2 atom stereocenters. The molecule has 1 amide bonds. The van der Waals surface area contributed by atoms with E-state index in [4.69, 9.17) is 0 Å². The van der Waals surface area contributed by atoms with Gasteiger partial charge in [-0.3, -0.25) is 9.69 Å². The third-order valence-electron chi connectivity index (χ3n) is 4.74. The average Bonchev–Trinajstić information content (AvgIpc) is 3.07. The highest BCUT2D eigenvalue weighted by atomic mass is 16.3. The van der Waals surface area contributed by atoms with Crippen molar-refractivity contribution in [3.63, 3.8) is 0 Å². The van der Waals surface area contributed by atoms with E-state index in [0.29, 0.717) is 6.04 Å². The number of hydrogen-bond acceptors (Lipinski definition) is 4. The second-order valence-electron chi connectivity index (χ2n) is 6.34. The quantitative estimate of drug-likeness (QED) is 0.595. The van der Waals surface area contributed by atoms with E-state index in [1.54, 1.807) is 0 Å². The van der Waals surface area contributed by atoms with Crippen LogP contribution in [0.3, 0.4) is 0 Å². The summed E-state index contributed by atoms with van der Waals surface area (Å²) in [6.45, 7) is 6.12. The fourth-order valence-corrected chi connectivity index (χ4v) is 3.32. The number of carbonyl (C=O) groups is 1. The van der Waals surface area contributed by atoms with Crippen LogP contribution >= 0.6 is 0 Å². The second kappa shape index (κ2) is 7.38. The Morgan fingerprint density at radius 3 is 3.00 bits per heavy atom. The third-order valence-corrected chi connectivity index (χ3v) is 4.74. The molecule has 2 unspecified atom stereocenters. The number of hydrogen-bond donors (Lipinski definition) is 3. The molecule has 0 spiro atoms. The van der Waals surface area contributed by atoms with E-state index < -0.39 is 0 Å². The number of aliphatic hydroxyl groups excluding tert-OH is 1. The SMILES string of the molecule is CC1(C(=O)NCCCCN2CCCC2CO)CCCN1. The molecule has 2 fully saturated rings. The molecular formula is C15H29N3O2. The summed E-state index contributed by atoms with van der Waals surface area (Å²) >= 11 is 0. The fourth-order valence-electron chi connectivity index (χ4n) is 3.32. The molecule has 3 N–H and O–H groups in total. The van der Waals surface area contributed by atoms with Gasteiger partial charge in [0.25, 0.3) is 0 Å². The Kier molecular flexibility index (Phi) is 5.81. The van der Waals surface area contributed by atoms with Crippen LogP contribution in [0.1, 0.15) is 45.4 Å². The fraction of sp³-hybridized carbons (Fsp3) is 0.933. The van der Waals surface area contributed by atoms with Crippen LogP contribution in [0.25, 0.3) is 0 Å². The van der Waals surface area contributed by atoms with Crippen LogP contribution in [-0.2, 0) is 4.79 Å². The Morgan fingerprint density at radius 2 is 2.30 bits per heavy atom. The van der Waals surface area contributed by atoms with Crippen LogP contribution in [0.4, 0.5) is 0 Å². The summed E-state index contributed by atoms with van der Waals surface area (Å²) in [5.74, 6) is 0.143. The van der Waals surface area contributed by atoms with E-state index >= 15 is 0 Å². The number of rotatable bonds is 7. The zero-order chi connectivity index (χ0) is 14.4. The molecule has 0 radical (unpaired) electrons. The van der Waals surface area contributed by atoms with Crippen molar-refractivity contribution >= 4 is 5.91 Å². The van der Waals surface area contributed by atoms with Crippen molar-refractivity contribution in [3.8, 4) is 0 Å². The predicted octanol–water partition coefficient (Wildman–Crippen LogP) is 0.482. The van der Waals surface area contributed by atoms with Gasteiger partial charge in [0, 0.05) is 12.6 Å². The molecule has 0 bridgehead atoms. The Morgan fingerprint density at radius 1 is 1.45 bits per heavy atom. The summed E-state index contributed by atoms with van der Waals surface area (Å²) < 4.78 is 0. The first-order valence-corrected chi connectivity index (χ1v) is 8.04.